The van der Waals surface area contributed by atoms with Crippen molar-refractivity contribution in [2.24, 2.45) is 5.73 Å². The largest absolute Gasteiger partial charge is 0.378 e. The molecule has 0 radical (unpaired) electrons. The van der Waals surface area contributed by atoms with E-state index in [0.29, 0.717) is 32.7 Å². The van der Waals surface area contributed by atoms with E-state index in [1.807, 2.05) is 0 Å². The van der Waals surface area contributed by atoms with Crippen LogP contribution in [0.25, 0.3) is 10.8 Å². The van der Waals surface area contributed by atoms with Crippen molar-refractivity contribution in [3.8, 4) is 0 Å². The van der Waals surface area contributed by atoms with E-state index >= 15 is 0 Å². The minimum absolute atomic E-state index is 0.0582. The van der Waals surface area contributed by atoms with E-state index in [1.165, 1.54) is 12.1 Å². The molecule has 3 rings (SSSR count). The standard InChI is InChI=1S/C19H17Cl2FN4O2/c1-9-12-4-3-11(7-13(12)19(28)26(25-9)8-16(23)27)24-10(2)17-14(20)5-6-15(22)18(17)21/h3-7,10,24H,8H2,1-2H3,(H2,23,27). The average molecular weight is 423 g/mol. The fraction of sp³-hybridized carbons (Fsp3) is 0.211. The predicted molar refractivity (Wildman–Crippen MR) is 108 cm³/mol. The topological polar surface area (TPSA) is 90.0 Å². The van der Waals surface area contributed by atoms with Gasteiger partial charge < -0.3 is 11.1 Å². The molecule has 1 heterocycles. The zero-order valence-corrected chi connectivity index (χ0v) is 16.6. The smallest absolute Gasteiger partial charge is 0.275 e. The molecule has 0 fully saturated rings. The Morgan fingerprint density at radius 2 is 2.00 bits per heavy atom. The van der Waals surface area contributed by atoms with Gasteiger partial charge in [0.25, 0.3) is 5.56 Å². The van der Waals surface area contributed by atoms with E-state index in [4.69, 9.17) is 28.9 Å². The maximum Gasteiger partial charge on any atom is 0.275 e. The number of carbonyl (C=O) groups excluding carboxylic acids is 1. The summed E-state index contributed by atoms with van der Waals surface area (Å²) < 4.78 is 14.8. The van der Waals surface area contributed by atoms with Crippen molar-refractivity contribution in [2.75, 3.05) is 5.32 Å². The van der Waals surface area contributed by atoms with Crippen LogP contribution >= 0.6 is 23.2 Å². The maximum absolute atomic E-state index is 13.8. The molecule has 0 bridgehead atoms. The van der Waals surface area contributed by atoms with E-state index in [0.717, 1.165) is 4.68 Å². The van der Waals surface area contributed by atoms with Crippen LogP contribution in [-0.4, -0.2) is 15.7 Å². The molecule has 1 unspecified atom stereocenters. The molecule has 9 heteroatoms. The Bertz CT molecular complexity index is 1150. The van der Waals surface area contributed by atoms with Crippen LogP contribution < -0.4 is 16.6 Å². The minimum Gasteiger partial charge on any atom is -0.378 e. The zero-order valence-electron chi connectivity index (χ0n) is 15.1. The summed E-state index contributed by atoms with van der Waals surface area (Å²) in [6.07, 6.45) is 0. The van der Waals surface area contributed by atoms with Gasteiger partial charge in [-0.3, -0.25) is 9.59 Å². The first-order chi connectivity index (χ1) is 13.2. The van der Waals surface area contributed by atoms with Crippen molar-refractivity contribution in [1.29, 1.82) is 0 Å². The summed E-state index contributed by atoms with van der Waals surface area (Å²) in [5.41, 5.74) is 6.36. The van der Waals surface area contributed by atoms with Gasteiger partial charge in [-0.25, -0.2) is 9.07 Å². The molecule has 146 valence electrons. The number of halogens is 3. The molecule has 3 aromatic rings. The number of aryl methyl sites for hydroxylation is 1. The molecule has 2 aromatic carbocycles. The zero-order chi connectivity index (χ0) is 20.6. The number of nitrogens with one attached hydrogen (secondary N) is 1. The van der Waals surface area contributed by atoms with E-state index in [2.05, 4.69) is 10.4 Å². The number of nitrogens with zero attached hydrogens (tertiary/aromatic N) is 2. The van der Waals surface area contributed by atoms with Gasteiger partial charge in [0.2, 0.25) is 5.91 Å². The molecule has 28 heavy (non-hydrogen) atoms. The second-order valence-corrected chi connectivity index (χ2v) is 7.18. The van der Waals surface area contributed by atoms with E-state index < -0.39 is 23.3 Å². The molecule has 0 saturated carbocycles. The van der Waals surface area contributed by atoms with Crippen LogP contribution in [0.3, 0.4) is 0 Å². The van der Waals surface area contributed by atoms with Crippen molar-refractivity contribution in [1.82, 2.24) is 9.78 Å². The van der Waals surface area contributed by atoms with Gasteiger partial charge in [-0.1, -0.05) is 29.3 Å². The van der Waals surface area contributed by atoms with Gasteiger partial charge in [0.05, 0.1) is 22.1 Å². The van der Waals surface area contributed by atoms with Gasteiger partial charge >= 0.3 is 0 Å². The third-order valence-electron chi connectivity index (χ3n) is 4.35. The number of benzene rings is 2. The summed E-state index contributed by atoms with van der Waals surface area (Å²) in [4.78, 5) is 23.8. The molecule has 0 aliphatic rings. The van der Waals surface area contributed by atoms with Crippen molar-refractivity contribution >= 4 is 45.6 Å². The molecule has 6 nitrogen and oxygen atoms in total. The lowest BCUT2D eigenvalue weighted by atomic mass is 10.1. The van der Waals surface area contributed by atoms with Crippen molar-refractivity contribution in [3.05, 3.63) is 67.8 Å². The number of primary amides is 1. The molecule has 0 saturated heterocycles. The highest BCUT2D eigenvalue weighted by atomic mass is 35.5. The Kier molecular flexibility index (Phi) is 5.58. The molecule has 1 amide bonds. The monoisotopic (exact) mass is 422 g/mol. The first-order valence-electron chi connectivity index (χ1n) is 8.38. The van der Waals surface area contributed by atoms with E-state index in [-0.39, 0.29) is 11.6 Å². The van der Waals surface area contributed by atoms with Gasteiger partial charge in [0, 0.05) is 21.7 Å². The lowest BCUT2D eigenvalue weighted by molar-refractivity contribution is -0.118. The second-order valence-electron chi connectivity index (χ2n) is 6.40. The summed E-state index contributed by atoms with van der Waals surface area (Å²) in [5.74, 6) is -1.23. The number of hydrogen-bond acceptors (Lipinski definition) is 4. The van der Waals surface area contributed by atoms with Crippen molar-refractivity contribution in [2.45, 2.75) is 26.4 Å². The number of amides is 1. The van der Waals surface area contributed by atoms with Gasteiger partial charge in [0.15, 0.2) is 0 Å². The highest BCUT2D eigenvalue weighted by molar-refractivity contribution is 6.36. The van der Waals surface area contributed by atoms with Gasteiger partial charge in [-0.15, -0.1) is 0 Å². The lowest BCUT2D eigenvalue weighted by Gasteiger charge is -2.19. The third-order valence-corrected chi connectivity index (χ3v) is 5.06. The molecule has 0 spiro atoms. The molecule has 0 aliphatic carbocycles. The fourth-order valence-electron chi connectivity index (χ4n) is 3.06. The second kappa shape index (κ2) is 7.77. The molecular weight excluding hydrogens is 406 g/mol. The van der Waals surface area contributed by atoms with Crippen LogP contribution in [0, 0.1) is 12.7 Å². The Balaban J connectivity index is 2.03. The van der Waals surface area contributed by atoms with Gasteiger partial charge in [-0.05, 0) is 38.1 Å². The van der Waals surface area contributed by atoms with E-state index in [1.54, 1.807) is 32.0 Å². The normalized spacial score (nSPS) is 12.2. The highest BCUT2D eigenvalue weighted by Crippen LogP contribution is 2.34. The Labute approximate surface area is 170 Å². The highest BCUT2D eigenvalue weighted by Gasteiger charge is 2.18. The first kappa shape index (κ1) is 20.1. The summed E-state index contributed by atoms with van der Waals surface area (Å²) in [6.45, 7) is 3.21. The maximum atomic E-state index is 13.8. The average Bonchev–Trinajstić information content (AvgIpc) is 2.62. The quantitative estimate of drug-likeness (QED) is 0.611. The van der Waals surface area contributed by atoms with Crippen LogP contribution in [0.5, 0.6) is 0 Å². The van der Waals surface area contributed by atoms with Crippen molar-refractivity contribution < 1.29 is 9.18 Å². The number of carbonyl (C=O) groups is 1. The van der Waals surface area contributed by atoms with Crippen molar-refractivity contribution in [3.63, 3.8) is 0 Å². The van der Waals surface area contributed by atoms with Crippen LogP contribution in [-0.2, 0) is 11.3 Å². The van der Waals surface area contributed by atoms with Gasteiger partial charge in [0.1, 0.15) is 12.4 Å². The predicted octanol–water partition coefficient (Wildman–Crippen LogP) is 3.81. The van der Waals surface area contributed by atoms with Crippen LogP contribution in [0.1, 0.15) is 24.2 Å². The molecule has 0 aliphatic heterocycles. The molecule has 1 atom stereocenters. The fourth-order valence-corrected chi connectivity index (χ4v) is 3.76. The Morgan fingerprint density at radius 3 is 2.68 bits per heavy atom. The van der Waals surface area contributed by atoms with Crippen LogP contribution in [0.15, 0.2) is 35.1 Å². The summed E-state index contributed by atoms with van der Waals surface area (Å²) in [7, 11) is 0. The molecular formula is C19H17Cl2FN4O2. The van der Waals surface area contributed by atoms with Gasteiger partial charge in [-0.2, -0.15) is 5.10 Å². The summed E-state index contributed by atoms with van der Waals surface area (Å²) in [5, 5.41) is 8.60. The van der Waals surface area contributed by atoms with E-state index in [9.17, 15) is 14.0 Å². The number of hydrogen-bond donors (Lipinski definition) is 2. The Hall–Kier alpha value is -2.64. The SMILES string of the molecule is Cc1nn(CC(N)=O)c(=O)c2cc(NC(C)c3c(Cl)ccc(F)c3Cl)ccc12. The summed E-state index contributed by atoms with van der Waals surface area (Å²) in [6, 6.07) is 7.37. The Morgan fingerprint density at radius 1 is 1.29 bits per heavy atom. The number of rotatable bonds is 5. The molecule has 3 N–H and O–H groups in total. The number of anilines is 1. The lowest BCUT2D eigenvalue weighted by Crippen LogP contribution is -2.30. The number of nitrogens with two attached hydrogens (primary N) is 1. The number of fused-ring (bicyclic) bond motifs is 1. The number of aromatic nitrogens is 2. The third kappa shape index (κ3) is 3.81. The molecule has 1 aromatic heterocycles. The van der Waals surface area contributed by atoms with Crippen LogP contribution in [0.2, 0.25) is 10.0 Å². The first-order valence-corrected chi connectivity index (χ1v) is 9.14. The minimum atomic E-state index is -0.661. The summed E-state index contributed by atoms with van der Waals surface area (Å²) >= 11 is 12.2. The van der Waals surface area contributed by atoms with Crippen LogP contribution in [0.4, 0.5) is 10.1 Å².